The first-order valence-corrected chi connectivity index (χ1v) is 21.3. The van der Waals surface area contributed by atoms with E-state index in [0.717, 1.165) is 5.69 Å². The molecule has 4 aromatic heterocycles. The molecule has 0 atom stereocenters. The lowest BCUT2D eigenvalue weighted by Gasteiger charge is -2.24. The van der Waals surface area contributed by atoms with Gasteiger partial charge in [0.05, 0.1) is 68.2 Å². The predicted octanol–water partition coefficient (Wildman–Crippen LogP) is 8.10. The summed E-state index contributed by atoms with van der Waals surface area (Å²) in [5.41, 5.74) is 1.55. The van der Waals surface area contributed by atoms with Crippen LogP contribution in [0, 0.1) is 0 Å². The van der Waals surface area contributed by atoms with Crippen LogP contribution in [0.5, 0.6) is 0 Å². The fourth-order valence-electron chi connectivity index (χ4n) is 4.51. The van der Waals surface area contributed by atoms with Gasteiger partial charge < -0.3 is 38.6 Å². The van der Waals surface area contributed by atoms with Crippen molar-refractivity contribution in [3.8, 4) is 0 Å². The third-order valence-corrected chi connectivity index (χ3v) is 7.65. The number of aliphatic hydroxyl groups excluding tert-OH is 1. The molecule has 360 valence electrons. The molecule has 0 saturated carbocycles. The molecule has 0 aromatic carbocycles. The monoisotopic (exact) mass is 936 g/mol. The summed E-state index contributed by atoms with van der Waals surface area (Å²) in [5, 5.41) is 8.81. The van der Waals surface area contributed by atoms with Gasteiger partial charge in [0.15, 0.2) is 46.4 Å². The number of ketones is 1. The van der Waals surface area contributed by atoms with Crippen LogP contribution in [0.1, 0.15) is 120 Å². The number of carbonyl (C=O) groups is 3. The van der Waals surface area contributed by atoms with Crippen molar-refractivity contribution in [3.05, 3.63) is 115 Å². The Kier molecular flexibility index (Phi) is 25.3. The molecule has 0 saturated heterocycles. The lowest BCUT2D eigenvalue weighted by molar-refractivity contribution is 0.0273. The van der Waals surface area contributed by atoms with Crippen molar-refractivity contribution in [2.75, 3.05) is 33.9 Å². The molecule has 20 heteroatoms. The molecule has 0 spiro atoms. The molecule has 0 aliphatic rings. The molecule has 19 nitrogen and oxygen atoms in total. The van der Waals surface area contributed by atoms with Crippen LogP contribution >= 0.6 is 11.6 Å². The van der Waals surface area contributed by atoms with E-state index < -0.39 is 23.4 Å². The maximum Gasteiger partial charge on any atom is 0.410 e. The van der Waals surface area contributed by atoms with Crippen LogP contribution in [0.4, 0.5) is 9.59 Å². The molecule has 0 aliphatic carbocycles. The van der Waals surface area contributed by atoms with Gasteiger partial charge in [-0.3, -0.25) is 4.79 Å². The van der Waals surface area contributed by atoms with Gasteiger partial charge in [-0.25, -0.2) is 49.5 Å². The van der Waals surface area contributed by atoms with Crippen LogP contribution in [0.15, 0.2) is 68.8 Å². The number of nitrogens with zero attached hydrogens (tertiary/aromatic N) is 10. The first-order valence-electron chi connectivity index (χ1n) is 20.8. The zero-order valence-electron chi connectivity index (χ0n) is 40.3. The standard InChI is InChI=1S/C15H23N3O3.C13H19N3O3.C9H11ClN2O.C9H12N2O2/c1-7-20-11(2)13-16-9-8-12(17-13)10-18(6)14(19)21-15(3,4)5;1-9(17)11-14-7-6-10(15-11)8-16(5)12(18)19-13(2,3)4;1-3-13-7(2)9-11-5-4-8(6-10)12-9;1-3-13-7(2)9-10-5-4-8(6-12)11-9/h8-9H,2,7,10H2,1,3-6H3;6-7H,8H2,1-5H3;4-5H,2-3,6H2,1H3;4-5,12H,2-3,6H2,1H3. The summed E-state index contributed by atoms with van der Waals surface area (Å²) in [6, 6.07) is 6.80. The summed E-state index contributed by atoms with van der Waals surface area (Å²) in [6.07, 6.45) is 5.50. The minimum atomic E-state index is -0.540. The van der Waals surface area contributed by atoms with E-state index in [1.165, 1.54) is 22.9 Å². The molecule has 2 amide bonds. The Hall–Kier alpha value is -6.60. The van der Waals surface area contributed by atoms with E-state index in [4.69, 9.17) is 40.4 Å². The van der Waals surface area contributed by atoms with Crippen molar-refractivity contribution in [1.82, 2.24) is 49.7 Å². The minimum absolute atomic E-state index is 0.102. The summed E-state index contributed by atoms with van der Waals surface area (Å²) >= 11 is 5.62. The van der Waals surface area contributed by atoms with Gasteiger partial charge in [-0.1, -0.05) is 19.7 Å². The van der Waals surface area contributed by atoms with Gasteiger partial charge in [-0.15, -0.1) is 11.6 Å². The van der Waals surface area contributed by atoms with Gasteiger partial charge in [0.25, 0.3) is 0 Å². The molecule has 0 unspecified atom stereocenters. The smallest absolute Gasteiger partial charge is 0.410 e. The van der Waals surface area contributed by atoms with E-state index in [-0.39, 0.29) is 24.8 Å². The normalized spacial score (nSPS) is 10.5. The summed E-state index contributed by atoms with van der Waals surface area (Å²) in [7, 11) is 3.27. The highest BCUT2D eigenvalue weighted by atomic mass is 35.5. The molecule has 66 heavy (non-hydrogen) atoms. The molecule has 4 heterocycles. The topological polar surface area (TPSA) is 227 Å². The fraction of sp³-hybridized carbons (Fsp3) is 0.457. The number of alkyl halides is 1. The van der Waals surface area contributed by atoms with E-state index >= 15 is 0 Å². The molecular weight excluding hydrogens is 872 g/mol. The second-order valence-corrected chi connectivity index (χ2v) is 15.8. The van der Waals surface area contributed by atoms with Crippen LogP contribution < -0.4 is 0 Å². The molecule has 0 radical (unpaired) electrons. The number of rotatable bonds is 16. The summed E-state index contributed by atoms with van der Waals surface area (Å²) in [5.74, 6) is 2.98. The van der Waals surface area contributed by atoms with Crippen LogP contribution in [-0.2, 0) is 49.3 Å². The molecule has 1 N–H and O–H groups in total. The molecule has 4 rings (SSSR count). The SMILES string of the molecule is C=C(OCC)c1nccc(CCl)n1.C=C(OCC)c1nccc(CN(C)C(=O)OC(C)(C)C)n1.C=C(OCC)c1nccc(CO)n1.CC(=O)c1nccc(CN(C)C(=O)OC(C)(C)C)n1. The van der Waals surface area contributed by atoms with Crippen LogP contribution in [-0.4, -0.2) is 118 Å². The van der Waals surface area contributed by atoms with Gasteiger partial charge in [0.2, 0.25) is 0 Å². The number of Topliss-reactive ketones (excluding diaryl/α,β-unsaturated/α-hetero) is 1. The number of halogens is 1. The number of carbonyl (C=O) groups excluding carboxylic acids is 3. The highest BCUT2D eigenvalue weighted by Crippen LogP contribution is 2.14. The van der Waals surface area contributed by atoms with E-state index in [0.29, 0.717) is 84.1 Å². The first-order chi connectivity index (χ1) is 31.0. The number of amides is 2. The van der Waals surface area contributed by atoms with Crippen molar-refractivity contribution < 1.29 is 43.2 Å². The van der Waals surface area contributed by atoms with E-state index in [9.17, 15) is 14.4 Å². The molecule has 0 fully saturated rings. The van der Waals surface area contributed by atoms with Crippen molar-refractivity contribution in [3.63, 3.8) is 0 Å². The number of ether oxygens (including phenoxy) is 5. The van der Waals surface area contributed by atoms with E-state index in [2.05, 4.69) is 59.6 Å². The second kappa shape index (κ2) is 29.0. The van der Waals surface area contributed by atoms with Gasteiger partial charge in [-0.05, 0) is 86.6 Å². The Balaban J connectivity index is 0.000000449. The lowest BCUT2D eigenvalue weighted by Crippen LogP contribution is -2.34. The van der Waals surface area contributed by atoms with E-state index in [1.54, 1.807) is 77.7 Å². The molecule has 0 bridgehead atoms. The predicted molar refractivity (Wildman–Crippen MR) is 251 cm³/mol. The van der Waals surface area contributed by atoms with E-state index in [1.807, 2.05) is 41.5 Å². The summed E-state index contributed by atoms with van der Waals surface area (Å²) in [6.45, 7) is 31.1. The fourth-order valence-corrected chi connectivity index (χ4v) is 4.66. The van der Waals surface area contributed by atoms with Crippen molar-refractivity contribution >= 4 is 46.8 Å². The molecule has 0 aliphatic heterocycles. The molecule has 4 aromatic rings. The maximum atomic E-state index is 11.9. The van der Waals surface area contributed by atoms with Crippen LogP contribution in [0.25, 0.3) is 17.3 Å². The Bertz CT molecular complexity index is 2130. The zero-order valence-corrected chi connectivity index (χ0v) is 41.0. The number of hydrogen-bond acceptors (Lipinski definition) is 17. The Morgan fingerprint density at radius 2 is 0.879 bits per heavy atom. The van der Waals surface area contributed by atoms with Crippen molar-refractivity contribution in [2.24, 2.45) is 0 Å². The largest absolute Gasteiger partial charge is 0.491 e. The molecular formula is C46H65ClN10O9. The Labute approximate surface area is 393 Å². The van der Waals surface area contributed by atoms with Crippen molar-refractivity contribution in [1.29, 1.82) is 0 Å². The first kappa shape index (κ1) is 57.4. The quantitative estimate of drug-likeness (QED) is 0.0636. The van der Waals surface area contributed by atoms with Gasteiger partial charge in [0, 0.05) is 45.8 Å². The van der Waals surface area contributed by atoms with Gasteiger partial charge in [0.1, 0.15) is 11.2 Å². The Morgan fingerprint density at radius 1 is 0.576 bits per heavy atom. The van der Waals surface area contributed by atoms with Gasteiger partial charge in [-0.2, -0.15) is 0 Å². The van der Waals surface area contributed by atoms with Gasteiger partial charge >= 0.3 is 12.2 Å². The number of hydrogen-bond donors (Lipinski definition) is 1. The zero-order chi connectivity index (χ0) is 50.0. The summed E-state index contributed by atoms with van der Waals surface area (Å²) in [4.78, 5) is 70.2. The lowest BCUT2D eigenvalue weighted by atomic mass is 10.2. The average Bonchev–Trinajstić information content (AvgIpc) is 3.26. The van der Waals surface area contributed by atoms with Crippen LogP contribution in [0.2, 0.25) is 0 Å². The maximum absolute atomic E-state index is 11.9. The third-order valence-electron chi connectivity index (χ3n) is 7.38. The summed E-state index contributed by atoms with van der Waals surface area (Å²) < 4.78 is 26.1. The number of aliphatic hydroxyl groups is 1. The Morgan fingerprint density at radius 3 is 1.20 bits per heavy atom. The third kappa shape index (κ3) is 23.4. The highest BCUT2D eigenvalue weighted by molar-refractivity contribution is 6.16. The van der Waals surface area contributed by atoms with Crippen LogP contribution in [0.3, 0.4) is 0 Å². The minimum Gasteiger partial charge on any atom is -0.491 e. The highest BCUT2D eigenvalue weighted by Gasteiger charge is 2.21. The average molecular weight is 938 g/mol. The number of aromatic nitrogens is 8. The van der Waals surface area contributed by atoms with Crippen molar-refractivity contribution in [2.45, 2.75) is 106 Å². The second-order valence-electron chi connectivity index (χ2n) is 15.6.